The molecule has 0 radical (unpaired) electrons. The fourth-order valence-corrected chi connectivity index (χ4v) is 7.11. The summed E-state index contributed by atoms with van der Waals surface area (Å²) in [5, 5.41) is 7.76. The van der Waals surface area contributed by atoms with Crippen molar-refractivity contribution in [3.05, 3.63) is 0 Å². The van der Waals surface area contributed by atoms with E-state index in [2.05, 4.69) is 0 Å². The second-order valence-corrected chi connectivity index (χ2v) is 11.6. The van der Waals surface area contributed by atoms with Gasteiger partial charge in [0.25, 0.3) is 0 Å². The summed E-state index contributed by atoms with van der Waals surface area (Å²) in [6, 6.07) is 1.75. The van der Waals surface area contributed by atoms with Crippen LogP contribution in [-0.4, -0.2) is 31.8 Å². The second kappa shape index (κ2) is 5.45. The number of nitriles is 1. The molecule has 2 saturated heterocycles. The SMILES string of the molecule is CC1(C)COP(=O)(C(C#N)P2(=O)OCC(C)(C)CO2)OC1. The third-order valence-corrected chi connectivity index (χ3v) is 8.34. The summed E-state index contributed by atoms with van der Waals surface area (Å²) in [5.74, 6) is 0. The molecule has 0 bridgehead atoms. The molecule has 0 aromatic carbocycles. The third-order valence-electron chi connectivity index (χ3n) is 3.26. The van der Waals surface area contributed by atoms with Crippen LogP contribution in [0.5, 0.6) is 0 Å². The van der Waals surface area contributed by atoms with Crippen molar-refractivity contribution >= 4 is 15.2 Å². The van der Waals surface area contributed by atoms with Gasteiger partial charge in [-0.25, -0.2) is 0 Å². The van der Waals surface area contributed by atoms with E-state index in [-0.39, 0.29) is 37.3 Å². The van der Waals surface area contributed by atoms with Crippen LogP contribution in [0.2, 0.25) is 0 Å². The molecule has 120 valence electrons. The molecule has 0 amide bonds. The third kappa shape index (κ3) is 3.59. The van der Waals surface area contributed by atoms with Crippen LogP contribution in [0.3, 0.4) is 0 Å². The van der Waals surface area contributed by atoms with Crippen LogP contribution in [0, 0.1) is 22.2 Å². The maximum Gasteiger partial charge on any atom is 0.360 e. The minimum absolute atomic E-state index is 0.161. The minimum atomic E-state index is -3.85. The van der Waals surface area contributed by atoms with Crippen molar-refractivity contribution in [3.8, 4) is 6.07 Å². The molecule has 0 unspecified atom stereocenters. The molecule has 2 rings (SSSR count). The summed E-state index contributed by atoms with van der Waals surface area (Å²) in [6.07, 6.45) is 0. The Morgan fingerprint density at radius 3 is 1.38 bits per heavy atom. The predicted molar refractivity (Wildman–Crippen MR) is 76.0 cm³/mol. The highest BCUT2D eigenvalue weighted by atomic mass is 31.2. The smallest absolute Gasteiger partial charge is 0.307 e. The van der Waals surface area contributed by atoms with Crippen LogP contribution >= 0.6 is 15.2 Å². The van der Waals surface area contributed by atoms with E-state index in [0.717, 1.165) is 0 Å². The Balaban J connectivity index is 2.19. The Morgan fingerprint density at radius 2 is 1.14 bits per heavy atom. The number of hydrogen-bond acceptors (Lipinski definition) is 7. The van der Waals surface area contributed by atoms with Gasteiger partial charge in [0.15, 0.2) is 0 Å². The standard InChI is InChI=1S/C12H21NO6P2/c1-11(2)6-16-20(14,17-7-11)10(5-13)21(15)18-8-12(3,4)9-19-21/h10H,6-9H2,1-4H3. The first-order chi connectivity index (χ1) is 9.52. The minimum Gasteiger partial charge on any atom is -0.307 e. The Morgan fingerprint density at radius 1 is 0.857 bits per heavy atom. The average Bonchev–Trinajstić information content (AvgIpc) is 2.39. The molecule has 0 atom stereocenters. The van der Waals surface area contributed by atoms with Crippen molar-refractivity contribution < 1.29 is 27.2 Å². The van der Waals surface area contributed by atoms with Crippen molar-refractivity contribution in [3.63, 3.8) is 0 Å². The average molecular weight is 337 g/mol. The monoisotopic (exact) mass is 337 g/mol. The summed E-state index contributed by atoms with van der Waals surface area (Å²) >= 11 is 0. The molecule has 7 nitrogen and oxygen atoms in total. The first-order valence-electron chi connectivity index (χ1n) is 6.69. The van der Waals surface area contributed by atoms with E-state index >= 15 is 0 Å². The van der Waals surface area contributed by atoms with E-state index in [1.165, 1.54) is 0 Å². The molecule has 0 aromatic heterocycles. The highest BCUT2D eigenvalue weighted by molar-refractivity contribution is 7.73. The van der Waals surface area contributed by atoms with E-state index in [1.807, 2.05) is 27.7 Å². The van der Waals surface area contributed by atoms with E-state index in [1.54, 1.807) is 6.07 Å². The van der Waals surface area contributed by atoms with Crippen molar-refractivity contribution in [2.45, 2.75) is 33.1 Å². The van der Waals surface area contributed by atoms with Gasteiger partial charge in [-0.2, -0.15) is 5.26 Å². The lowest BCUT2D eigenvalue weighted by atomic mass is 9.97. The van der Waals surface area contributed by atoms with E-state index < -0.39 is 20.6 Å². The number of rotatable bonds is 2. The summed E-state index contributed by atoms with van der Waals surface area (Å²) in [6.45, 7) is 8.18. The molecule has 21 heavy (non-hydrogen) atoms. The molecule has 0 N–H and O–H groups in total. The summed E-state index contributed by atoms with van der Waals surface area (Å²) in [7, 11) is -7.71. The van der Waals surface area contributed by atoms with Crippen molar-refractivity contribution in [1.29, 1.82) is 5.26 Å². The Bertz CT molecular complexity index is 482. The second-order valence-electron chi connectivity index (χ2n) is 7.00. The largest absolute Gasteiger partial charge is 0.360 e. The van der Waals surface area contributed by atoms with Crippen LogP contribution in [0.25, 0.3) is 0 Å². The van der Waals surface area contributed by atoms with Gasteiger partial charge in [0, 0.05) is 10.8 Å². The molecule has 0 spiro atoms. The molecule has 9 heteroatoms. The van der Waals surface area contributed by atoms with Crippen LogP contribution < -0.4 is 0 Å². The molecule has 2 heterocycles. The summed E-state index contributed by atoms with van der Waals surface area (Å²) < 4.78 is 46.6. The van der Waals surface area contributed by atoms with Gasteiger partial charge in [-0.3, -0.25) is 9.13 Å². The number of hydrogen-bond donors (Lipinski definition) is 0. The molecule has 2 aliphatic heterocycles. The zero-order chi connectivity index (χ0) is 15.9. The first kappa shape index (κ1) is 17.1. The Labute approximate surface area is 125 Å². The van der Waals surface area contributed by atoms with Gasteiger partial charge in [-0.15, -0.1) is 0 Å². The van der Waals surface area contributed by atoms with Gasteiger partial charge in [0.2, 0.25) is 5.40 Å². The van der Waals surface area contributed by atoms with Gasteiger partial charge in [-0.1, -0.05) is 27.7 Å². The Kier molecular flexibility index (Phi) is 4.45. The Hall–Kier alpha value is -0.210. The highest BCUT2D eigenvalue weighted by Crippen LogP contribution is 2.72. The lowest BCUT2D eigenvalue weighted by Crippen LogP contribution is -2.35. The van der Waals surface area contributed by atoms with Crippen molar-refractivity contribution in [2.75, 3.05) is 26.4 Å². The quantitative estimate of drug-likeness (QED) is 0.713. The van der Waals surface area contributed by atoms with Gasteiger partial charge >= 0.3 is 15.2 Å². The topological polar surface area (TPSA) is 94.9 Å². The van der Waals surface area contributed by atoms with E-state index in [4.69, 9.17) is 18.1 Å². The van der Waals surface area contributed by atoms with Crippen LogP contribution in [0.1, 0.15) is 27.7 Å². The van der Waals surface area contributed by atoms with E-state index in [0.29, 0.717) is 0 Å². The van der Waals surface area contributed by atoms with Crippen LogP contribution in [0.15, 0.2) is 0 Å². The van der Waals surface area contributed by atoms with Gasteiger partial charge in [0.1, 0.15) is 0 Å². The summed E-state index contributed by atoms with van der Waals surface area (Å²) in [5.41, 5.74) is -0.614. The molecular formula is C12H21NO6P2. The van der Waals surface area contributed by atoms with Crippen molar-refractivity contribution in [1.82, 2.24) is 0 Å². The fraction of sp³-hybridized carbons (Fsp3) is 0.917. The molecule has 2 fully saturated rings. The van der Waals surface area contributed by atoms with Gasteiger partial charge in [-0.05, 0) is 0 Å². The zero-order valence-corrected chi connectivity index (χ0v) is 14.5. The molecule has 0 aliphatic carbocycles. The van der Waals surface area contributed by atoms with Crippen molar-refractivity contribution in [2.24, 2.45) is 10.8 Å². The molecule has 0 saturated carbocycles. The van der Waals surface area contributed by atoms with E-state index in [9.17, 15) is 14.4 Å². The maximum absolute atomic E-state index is 12.7. The first-order valence-corrected chi connectivity index (χ1v) is 9.92. The zero-order valence-electron chi connectivity index (χ0n) is 12.7. The van der Waals surface area contributed by atoms with Crippen LogP contribution in [-0.2, 0) is 27.2 Å². The maximum atomic E-state index is 12.7. The normalized spacial score (nSPS) is 29.7. The lowest BCUT2D eigenvalue weighted by Gasteiger charge is -2.39. The number of nitrogens with zero attached hydrogens (tertiary/aromatic N) is 1. The molecular weight excluding hydrogens is 316 g/mol. The highest BCUT2D eigenvalue weighted by Gasteiger charge is 2.56. The molecule has 0 aromatic rings. The fourth-order valence-electron chi connectivity index (χ4n) is 1.81. The summed E-state index contributed by atoms with van der Waals surface area (Å²) in [4.78, 5) is 0. The van der Waals surface area contributed by atoms with Gasteiger partial charge < -0.3 is 18.1 Å². The lowest BCUT2D eigenvalue weighted by molar-refractivity contribution is 0.0300. The predicted octanol–water partition coefficient (Wildman–Crippen LogP) is 3.37. The molecule has 2 aliphatic rings. The van der Waals surface area contributed by atoms with Crippen LogP contribution in [0.4, 0.5) is 0 Å². The van der Waals surface area contributed by atoms with Gasteiger partial charge in [0.05, 0.1) is 32.5 Å².